The van der Waals surface area contributed by atoms with Gasteiger partial charge in [0.25, 0.3) is 10.0 Å². The van der Waals surface area contributed by atoms with E-state index < -0.39 is 26.8 Å². The molecular weight excluding hydrogens is 306 g/mol. The van der Waals surface area contributed by atoms with Crippen LogP contribution in [-0.2, 0) is 10.0 Å². The molecule has 1 aromatic carbocycles. The standard InChI is InChI=1S/C12H10ClNO5S/c1-7-3-2-4-8(13)11(7)14-20(17,18)10-6-5-9(19-10)12(15)16/h2-6,14H,1H3,(H,15,16). The molecule has 1 aromatic heterocycles. The summed E-state index contributed by atoms with van der Waals surface area (Å²) in [4.78, 5) is 10.7. The number of carboxylic acids is 1. The predicted molar refractivity (Wildman–Crippen MR) is 72.7 cm³/mol. The van der Waals surface area contributed by atoms with Crippen LogP contribution >= 0.6 is 11.6 Å². The fourth-order valence-electron chi connectivity index (χ4n) is 1.53. The number of hydrogen-bond acceptors (Lipinski definition) is 4. The molecule has 0 aliphatic rings. The summed E-state index contributed by atoms with van der Waals surface area (Å²) >= 11 is 5.93. The average Bonchev–Trinajstić information content (AvgIpc) is 2.84. The molecule has 0 amide bonds. The van der Waals surface area contributed by atoms with Crippen LogP contribution in [0.1, 0.15) is 16.1 Å². The van der Waals surface area contributed by atoms with E-state index in [2.05, 4.69) is 4.72 Å². The number of rotatable bonds is 4. The van der Waals surface area contributed by atoms with Gasteiger partial charge >= 0.3 is 5.97 Å². The molecule has 0 saturated heterocycles. The molecule has 0 unspecified atom stereocenters. The molecule has 0 spiro atoms. The number of nitrogens with one attached hydrogen (secondary N) is 1. The number of carbonyl (C=O) groups is 1. The van der Waals surface area contributed by atoms with Gasteiger partial charge in [-0.2, -0.15) is 8.42 Å². The van der Waals surface area contributed by atoms with Crippen molar-refractivity contribution < 1.29 is 22.7 Å². The SMILES string of the molecule is Cc1cccc(Cl)c1NS(=O)(=O)c1ccc(C(=O)O)o1. The van der Waals surface area contributed by atoms with E-state index in [1.54, 1.807) is 19.1 Å². The minimum Gasteiger partial charge on any atom is -0.475 e. The maximum absolute atomic E-state index is 12.1. The molecule has 2 aromatic rings. The molecular formula is C12H10ClNO5S. The Morgan fingerprint density at radius 2 is 2.00 bits per heavy atom. The lowest BCUT2D eigenvalue weighted by Gasteiger charge is -2.10. The number of hydrogen-bond donors (Lipinski definition) is 2. The number of anilines is 1. The fourth-order valence-corrected chi connectivity index (χ4v) is 2.94. The van der Waals surface area contributed by atoms with Gasteiger partial charge in [0.2, 0.25) is 10.9 Å². The summed E-state index contributed by atoms with van der Waals surface area (Å²) in [5, 5.41) is 8.46. The molecule has 0 fully saturated rings. The van der Waals surface area contributed by atoms with Crippen LogP contribution in [0.5, 0.6) is 0 Å². The van der Waals surface area contributed by atoms with E-state index in [0.717, 1.165) is 12.1 Å². The Morgan fingerprint density at radius 3 is 2.55 bits per heavy atom. The van der Waals surface area contributed by atoms with Crippen molar-refractivity contribution in [3.63, 3.8) is 0 Å². The van der Waals surface area contributed by atoms with Gasteiger partial charge in [0.05, 0.1) is 10.7 Å². The minimum absolute atomic E-state index is 0.224. The molecule has 0 aliphatic carbocycles. The molecule has 0 atom stereocenters. The van der Waals surface area contributed by atoms with Gasteiger partial charge in [0, 0.05) is 0 Å². The Morgan fingerprint density at radius 1 is 1.30 bits per heavy atom. The van der Waals surface area contributed by atoms with Crippen LogP contribution in [0.3, 0.4) is 0 Å². The van der Waals surface area contributed by atoms with Crippen LogP contribution in [0, 0.1) is 6.92 Å². The molecule has 20 heavy (non-hydrogen) atoms. The number of para-hydroxylation sites is 1. The van der Waals surface area contributed by atoms with Gasteiger partial charge in [-0.1, -0.05) is 23.7 Å². The summed E-state index contributed by atoms with van der Waals surface area (Å²) in [5.41, 5.74) is 0.855. The topological polar surface area (TPSA) is 96.6 Å². The highest BCUT2D eigenvalue weighted by molar-refractivity contribution is 7.92. The van der Waals surface area contributed by atoms with Gasteiger partial charge in [0.15, 0.2) is 0 Å². The van der Waals surface area contributed by atoms with Crippen molar-refractivity contribution >= 4 is 33.3 Å². The smallest absolute Gasteiger partial charge is 0.371 e. The monoisotopic (exact) mass is 315 g/mol. The highest BCUT2D eigenvalue weighted by Gasteiger charge is 2.22. The molecule has 8 heteroatoms. The second kappa shape index (κ2) is 5.18. The molecule has 0 bridgehead atoms. The van der Waals surface area contributed by atoms with E-state index in [1.807, 2.05) is 0 Å². The van der Waals surface area contributed by atoms with E-state index in [9.17, 15) is 13.2 Å². The van der Waals surface area contributed by atoms with Crippen molar-refractivity contribution in [2.24, 2.45) is 0 Å². The first-order valence-electron chi connectivity index (χ1n) is 5.42. The quantitative estimate of drug-likeness (QED) is 0.904. The lowest BCUT2D eigenvalue weighted by Crippen LogP contribution is -2.13. The number of halogens is 1. The summed E-state index contributed by atoms with van der Waals surface area (Å²) < 4.78 is 31.2. The zero-order valence-corrected chi connectivity index (χ0v) is 11.8. The Kier molecular flexibility index (Phi) is 3.74. The Bertz CT molecular complexity index is 746. The van der Waals surface area contributed by atoms with Crippen molar-refractivity contribution in [2.45, 2.75) is 12.0 Å². The van der Waals surface area contributed by atoms with Crippen molar-refractivity contribution in [1.82, 2.24) is 0 Å². The second-order valence-electron chi connectivity index (χ2n) is 3.96. The van der Waals surface area contributed by atoms with Gasteiger partial charge < -0.3 is 9.52 Å². The third kappa shape index (κ3) is 2.78. The zero-order chi connectivity index (χ0) is 14.9. The first kappa shape index (κ1) is 14.4. The van der Waals surface area contributed by atoms with E-state index in [1.165, 1.54) is 6.07 Å². The van der Waals surface area contributed by atoms with Crippen LogP contribution < -0.4 is 4.72 Å². The normalized spacial score (nSPS) is 11.3. The molecule has 1 heterocycles. The van der Waals surface area contributed by atoms with Crippen LogP contribution in [-0.4, -0.2) is 19.5 Å². The van der Waals surface area contributed by atoms with E-state index in [4.69, 9.17) is 21.1 Å². The zero-order valence-electron chi connectivity index (χ0n) is 10.3. The summed E-state index contributed by atoms with van der Waals surface area (Å²) in [6.45, 7) is 1.69. The van der Waals surface area contributed by atoms with Crippen LogP contribution in [0.4, 0.5) is 5.69 Å². The van der Waals surface area contributed by atoms with Crippen LogP contribution in [0.25, 0.3) is 0 Å². The first-order valence-corrected chi connectivity index (χ1v) is 7.28. The van der Waals surface area contributed by atoms with Gasteiger partial charge in [0.1, 0.15) is 0 Å². The van der Waals surface area contributed by atoms with Gasteiger partial charge in [-0.15, -0.1) is 0 Å². The molecule has 106 valence electrons. The maximum atomic E-state index is 12.1. The number of aryl methyl sites for hydroxylation is 1. The number of aromatic carboxylic acids is 1. The van der Waals surface area contributed by atoms with Gasteiger partial charge in [-0.3, -0.25) is 4.72 Å². The van der Waals surface area contributed by atoms with Crippen LogP contribution in [0.15, 0.2) is 39.8 Å². The van der Waals surface area contributed by atoms with Crippen LogP contribution in [0.2, 0.25) is 5.02 Å². The second-order valence-corrected chi connectivity index (χ2v) is 5.98. The van der Waals surface area contributed by atoms with Gasteiger partial charge in [-0.25, -0.2) is 4.79 Å². The summed E-state index contributed by atoms with van der Waals surface area (Å²) in [7, 11) is -4.04. The van der Waals surface area contributed by atoms with E-state index >= 15 is 0 Å². The van der Waals surface area contributed by atoms with E-state index in [-0.39, 0.29) is 10.7 Å². The molecule has 2 rings (SSSR count). The number of carboxylic acid groups (broad SMARTS) is 1. The van der Waals surface area contributed by atoms with E-state index in [0.29, 0.717) is 5.56 Å². The van der Waals surface area contributed by atoms with Crippen molar-refractivity contribution in [2.75, 3.05) is 4.72 Å². The third-order valence-electron chi connectivity index (χ3n) is 2.52. The number of benzene rings is 1. The number of furan rings is 1. The van der Waals surface area contributed by atoms with Crippen molar-refractivity contribution in [3.8, 4) is 0 Å². The first-order chi connectivity index (χ1) is 9.31. The summed E-state index contributed by atoms with van der Waals surface area (Å²) in [6.07, 6.45) is 0. The summed E-state index contributed by atoms with van der Waals surface area (Å²) in [5.74, 6) is -1.80. The Labute approximate surface area is 120 Å². The maximum Gasteiger partial charge on any atom is 0.371 e. The molecule has 2 N–H and O–H groups in total. The Balaban J connectivity index is 2.38. The molecule has 0 saturated carbocycles. The predicted octanol–water partition coefficient (Wildman–Crippen LogP) is 2.74. The highest BCUT2D eigenvalue weighted by atomic mass is 35.5. The molecule has 6 nitrogen and oxygen atoms in total. The largest absolute Gasteiger partial charge is 0.475 e. The lowest BCUT2D eigenvalue weighted by atomic mass is 10.2. The lowest BCUT2D eigenvalue weighted by molar-refractivity contribution is 0.0656. The van der Waals surface area contributed by atoms with Crippen molar-refractivity contribution in [1.29, 1.82) is 0 Å². The molecule has 0 aliphatic heterocycles. The van der Waals surface area contributed by atoms with Crippen molar-refractivity contribution in [3.05, 3.63) is 46.7 Å². The van der Waals surface area contributed by atoms with Gasteiger partial charge in [-0.05, 0) is 30.7 Å². The fraction of sp³-hybridized carbons (Fsp3) is 0.0833. The highest BCUT2D eigenvalue weighted by Crippen LogP contribution is 2.28. The minimum atomic E-state index is -4.04. The summed E-state index contributed by atoms with van der Waals surface area (Å²) in [6, 6.07) is 7.05. The number of sulfonamides is 1. The third-order valence-corrected chi connectivity index (χ3v) is 4.05. The molecule has 0 radical (unpaired) electrons. The average molecular weight is 316 g/mol. The Hall–Kier alpha value is -1.99.